The van der Waals surface area contributed by atoms with Crippen molar-refractivity contribution in [1.82, 2.24) is 19.4 Å². The third-order valence-corrected chi connectivity index (χ3v) is 8.68. The number of carbonyl (C=O) groups excluding carboxylic acids is 2. The highest BCUT2D eigenvalue weighted by atomic mass is 32.2. The highest BCUT2D eigenvalue weighted by molar-refractivity contribution is 7.91. The first-order valence-electron chi connectivity index (χ1n) is 10.2. The fourth-order valence-corrected chi connectivity index (χ4v) is 6.48. The Labute approximate surface area is 176 Å². The van der Waals surface area contributed by atoms with Gasteiger partial charge in [-0.3, -0.25) is 14.5 Å². The smallest absolute Gasteiger partial charge is 0.252 e. The maximum Gasteiger partial charge on any atom is 0.252 e. The summed E-state index contributed by atoms with van der Waals surface area (Å²) in [7, 11) is -3.52. The van der Waals surface area contributed by atoms with E-state index in [0.717, 1.165) is 12.8 Å². The van der Waals surface area contributed by atoms with Crippen LogP contribution in [0.2, 0.25) is 0 Å². The van der Waals surface area contributed by atoms with Crippen LogP contribution in [0.5, 0.6) is 0 Å². The van der Waals surface area contributed by atoms with E-state index in [1.165, 1.54) is 15.6 Å². The van der Waals surface area contributed by atoms with Crippen LogP contribution in [0.4, 0.5) is 0 Å². The Morgan fingerprint density at radius 3 is 2.62 bits per heavy atom. The van der Waals surface area contributed by atoms with Crippen LogP contribution in [-0.2, 0) is 19.6 Å². The van der Waals surface area contributed by atoms with Crippen molar-refractivity contribution in [3.05, 3.63) is 17.5 Å². The van der Waals surface area contributed by atoms with Crippen LogP contribution in [0.1, 0.15) is 26.2 Å². The molecule has 0 radical (unpaired) electrons. The second-order valence-corrected chi connectivity index (χ2v) is 10.7. The van der Waals surface area contributed by atoms with Crippen LogP contribution in [-0.4, -0.2) is 86.7 Å². The van der Waals surface area contributed by atoms with Crippen LogP contribution in [0, 0.1) is 5.92 Å². The van der Waals surface area contributed by atoms with Gasteiger partial charge in [-0.2, -0.15) is 4.31 Å². The molecule has 0 bridgehead atoms. The van der Waals surface area contributed by atoms with Gasteiger partial charge < -0.3 is 10.2 Å². The number of hydrogen-bond donors (Lipinski definition) is 1. The lowest BCUT2D eigenvalue weighted by atomic mass is 9.98. The Morgan fingerprint density at radius 1 is 1.21 bits per heavy atom. The molecule has 162 valence electrons. The molecule has 2 fully saturated rings. The van der Waals surface area contributed by atoms with Gasteiger partial charge in [-0.05, 0) is 30.7 Å². The Bertz CT molecular complexity index is 789. The van der Waals surface area contributed by atoms with Crippen molar-refractivity contribution in [1.29, 1.82) is 0 Å². The molecule has 2 aliphatic heterocycles. The van der Waals surface area contributed by atoms with Gasteiger partial charge in [0, 0.05) is 45.8 Å². The molecule has 1 unspecified atom stereocenters. The first-order chi connectivity index (χ1) is 13.9. The third kappa shape index (κ3) is 5.56. The fourth-order valence-electron chi connectivity index (χ4n) is 3.81. The van der Waals surface area contributed by atoms with E-state index < -0.39 is 10.0 Å². The molecule has 3 heterocycles. The minimum Gasteiger partial charge on any atom is -0.355 e. The van der Waals surface area contributed by atoms with E-state index in [1.54, 1.807) is 17.5 Å². The first kappa shape index (κ1) is 22.2. The van der Waals surface area contributed by atoms with Crippen molar-refractivity contribution in [3.63, 3.8) is 0 Å². The highest BCUT2D eigenvalue weighted by Crippen LogP contribution is 2.27. The Balaban J connectivity index is 1.51. The molecule has 2 amide bonds. The van der Waals surface area contributed by atoms with Crippen molar-refractivity contribution in [3.8, 4) is 0 Å². The van der Waals surface area contributed by atoms with Crippen LogP contribution < -0.4 is 5.32 Å². The monoisotopic (exact) mass is 442 g/mol. The lowest BCUT2D eigenvalue weighted by Crippen LogP contribution is -2.54. The number of nitrogens with one attached hydrogen (secondary N) is 1. The molecule has 0 aliphatic carbocycles. The molecule has 2 saturated heterocycles. The average molecular weight is 443 g/mol. The maximum absolute atomic E-state index is 13.0. The fraction of sp³-hybridized carbons (Fsp3) is 0.684. The van der Waals surface area contributed by atoms with E-state index in [-0.39, 0.29) is 24.3 Å². The summed E-state index contributed by atoms with van der Waals surface area (Å²) in [5.41, 5.74) is 0. The van der Waals surface area contributed by atoms with Gasteiger partial charge in [0.1, 0.15) is 4.21 Å². The number of carbonyl (C=O) groups is 2. The summed E-state index contributed by atoms with van der Waals surface area (Å²) in [5.74, 6) is -0.239. The van der Waals surface area contributed by atoms with Gasteiger partial charge in [0.2, 0.25) is 11.8 Å². The molecule has 1 aromatic heterocycles. The zero-order valence-corrected chi connectivity index (χ0v) is 18.5. The third-order valence-electron chi connectivity index (χ3n) is 5.45. The molecule has 29 heavy (non-hydrogen) atoms. The molecule has 0 saturated carbocycles. The van der Waals surface area contributed by atoms with Crippen molar-refractivity contribution in [2.24, 2.45) is 5.92 Å². The molecule has 10 heteroatoms. The summed E-state index contributed by atoms with van der Waals surface area (Å²) in [6.07, 6.45) is 2.32. The van der Waals surface area contributed by atoms with Gasteiger partial charge in [-0.1, -0.05) is 13.0 Å². The topological polar surface area (TPSA) is 90.0 Å². The Hall–Kier alpha value is -1.49. The van der Waals surface area contributed by atoms with Gasteiger partial charge >= 0.3 is 0 Å². The molecule has 0 spiro atoms. The van der Waals surface area contributed by atoms with Gasteiger partial charge in [0.25, 0.3) is 10.0 Å². The van der Waals surface area contributed by atoms with Crippen LogP contribution >= 0.6 is 11.3 Å². The quantitative estimate of drug-likeness (QED) is 0.675. The van der Waals surface area contributed by atoms with Crippen molar-refractivity contribution in [2.45, 2.75) is 30.4 Å². The van der Waals surface area contributed by atoms with E-state index in [0.29, 0.717) is 56.4 Å². The van der Waals surface area contributed by atoms with Crippen LogP contribution in [0.25, 0.3) is 0 Å². The summed E-state index contributed by atoms with van der Waals surface area (Å²) in [4.78, 5) is 28.7. The predicted molar refractivity (Wildman–Crippen MR) is 112 cm³/mol. The second kappa shape index (κ2) is 10.0. The SMILES string of the molecule is CCCNC(=O)CN1CCN(C(=O)C2CCCN(S(=O)(=O)c3cccs3)C2)CC1. The summed E-state index contributed by atoms with van der Waals surface area (Å²) < 4.78 is 27.4. The number of amides is 2. The summed E-state index contributed by atoms with van der Waals surface area (Å²) >= 11 is 1.21. The predicted octanol–water partition coefficient (Wildman–Crippen LogP) is 0.819. The normalized spacial score (nSPS) is 21.8. The van der Waals surface area contributed by atoms with E-state index >= 15 is 0 Å². The second-order valence-electron chi connectivity index (χ2n) is 7.59. The molecule has 1 aromatic rings. The van der Waals surface area contributed by atoms with Crippen molar-refractivity contribution >= 4 is 33.2 Å². The summed E-state index contributed by atoms with van der Waals surface area (Å²) in [6, 6.07) is 3.34. The van der Waals surface area contributed by atoms with Crippen LogP contribution in [0.15, 0.2) is 21.7 Å². The number of piperazine rings is 1. The number of nitrogens with zero attached hydrogens (tertiary/aromatic N) is 3. The minimum atomic E-state index is -3.52. The Kier molecular flexibility index (Phi) is 7.66. The maximum atomic E-state index is 13.0. The van der Waals surface area contributed by atoms with Crippen molar-refractivity contribution < 1.29 is 18.0 Å². The standard InChI is InChI=1S/C19H30N4O4S2/c1-2-7-20-17(24)15-21-9-11-22(12-10-21)19(25)16-5-3-8-23(14-16)29(26,27)18-6-4-13-28-18/h4,6,13,16H,2-3,5,7-12,14-15H2,1H3,(H,20,24). The Morgan fingerprint density at radius 2 is 1.97 bits per heavy atom. The number of thiophene rings is 1. The molecule has 8 nitrogen and oxygen atoms in total. The molecule has 2 aliphatic rings. The van der Waals surface area contributed by atoms with Gasteiger partial charge in [-0.15, -0.1) is 11.3 Å². The molecular weight excluding hydrogens is 412 g/mol. The molecule has 1 N–H and O–H groups in total. The van der Waals surface area contributed by atoms with Crippen molar-refractivity contribution in [2.75, 3.05) is 52.4 Å². The number of hydrogen-bond acceptors (Lipinski definition) is 6. The van der Waals surface area contributed by atoms with Gasteiger partial charge in [-0.25, -0.2) is 8.42 Å². The zero-order valence-electron chi connectivity index (χ0n) is 16.9. The minimum absolute atomic E-state index is 0.0216. The number of piperidine rings is 1. The largest absolute Gasteiger partial charge is 0.355 e. The average Bonchev–Trinajstić information content (AvgIpc) is 3.28. The van der Waals surface area contributed by atoms with Crippen LogP contribution in [0.3, 0.4) is 0 Å². The van der Waals surface area contributed by atoms with E-state index in [9.17, 15) is 18.0 Å². The van der Waals surface area contributed by atoms with E-state index in [2.05, 4.69) is 10.2 Å². The lowest BCUT2D eigenvalue weighted by Gasteiger charge is -2.38. The lowest BCUT2D eigenvalue weighted by molar-refractivity contribution is -0.138. The summed E-state index contributed by atoms with van der Waals surface area (Å²) in [6.45, 7) is 6.25. The first-order valence-corrected chi connectivity index (χ1v) is 12.5. The number of rotatable bonds is 7. The molecule has 1 atom stereocenters. The van der Waals surface area contributed by atoms with Gasteiger partial charge in [0.05, 0.1) is 12.5 Å². The summed E-state index contributed by atoms with van der Waals surface area (Å²) in [5, 5.41) is 4.62. The zero-order chi connectivity index (χ0) is 20.9. The molecular formula is C19H30N4O4S2. The van der Waals surface area contributed by atoms with E-state index in [4.69, 9.17) is 0 Å². The van der Waals surface area contributed by atoms with E-state index in [1.807, 2.05) is 11.8 Å². The highest BCUT2D eigenvalue weighted by Gasteiger charge is 2.36. The molecule has 0 aromatic carbocycles. The molecule has 3 rings (SSSR count). The number of sulfonamides is 1. The van der Waals surface area contributed by atoms with Gasteiger partial charge in [0.15, 0.2) is 0 Å².